The van der Waals surface area contributed by atoms with Gasteiger partial charge in [0.25, 0.3) is 0 Å². The molecule has 2 aromatic rings. The molecule has 0 fully saturated rings. The number of aromatic carboxylic acids is 1. The Kier molecular flexibility index (Phi) is 6.26. The number of benzene rings is 2. The van der Waals surface area contributed by atoms with Gasteiger partial charge in [-0.25, -0.2) is 0 Å². The number of phenols is 1. The van der Waals surface area contributed by atoms with Crippen molar-refractivity contribution in [1.29, 1.82) is 0 Å². The summed E-state index contributed by atoms with van der Waals surface area (Å²) < 4.78 is 0. The van der Waals surface area contributed by atoms with E-state index in [1.807, 2.05) is 12.1 Å². The van der Waals surface area contributed by atoms with E-state index in [1.54, 1.807) is 37.3 Å². The Morgan fingerprint density at radius 1 is 1.15 bits per heavy atom. The summed E-state index contributed by atoms with van der Waals surface area (Å²) in [5.74, 6) is -0.786. The molecule has 0 aliphatic rings. The van der Waals surface area contributed by atoms with Gasteiger partial charge in [0.15, 0.2) is 0 Å². The van der Waals surface area contributed by atoms with Crippen LogP contribution in [-0.4, -0.2) is 17.6 Å². The smallest absolute Gasteiger partial charge is 0.115 e. The minimum atomic E-state index is -1.11. The van der Waals surface area contributed by atoms with Crippen molar-refractivity contribution in [3.63, 3.8) is 0 Å². The summed E-state index contributed by atoms with van der Waals surface area (Å²) in [6.07, 6.45) is 0.986. The van der Waals surface area contributed by atoms with E-state index in [2.05, 4.69) is 5.73 Å². The van der Waals surface area contributed by atoms with Crippen molar-refractivity contribution in [2.45, 2.75) is 13.3 Å². The molecule has 0 atom stereocenters. The van der Waals surface area contributed by atoms with Gasteiger partial charge < -0.3 is 20.7 Å². The molecule has 0 unspecified atom stereocenters. The number of aryl methyl sites for hydroxylation is 1. The zero-order valence-electron chi connectivity index (χ0n) is 11.5. The van der Waals surface area contributed by atoms with E-state index in [4.69, 9.17) is 5.11 Å². The van der Waals surface area contributed by atoms with Gasteiger partial charge in [0.1, 0.15) is 5.75 Å². The molecule has 0 heterocycles. The van der Waals surface area contributed by atoms with Gasteiger partial charge in [-0.2, -0.15) is 0 Å². The van der Waals surface area contributed by atoms with Gasteiger partial charge in [-0.15, -0.1) is 0 Å². The van der Waals surface area contributed by atoms with E-state index in [-0.39, 0.29) is 5.56 Å². The molecule has 0 radical (unpaired) electrons. The number of hydrogen-bond donors (Lipinski definition) is 2. The van der Waals surface area contributed by atoms with E-state index in [1.165, 1.54) is 11.6 Å². The van der Waals surface area contributed by atoms with Crippen LogP contribution in [0.3, 0.4) is 0 Å². The van der Waals surface area contributed by atoms with Gasteiger partial charge in [0, 0.05) is 12.0 Å². The Labute approximate surface area is 118 Å². The third kappa shape index (κ3) is 5.12. The summed E-state index contributed by atoms with van der Waals surface area (Å²) in [5, 5.41) is 19.2. The molecule has 4 heteroatoms. The minimum absolute atomic E-state index is 0.266. The summed E-state index contributed by atoms with van der Waals surface area (Å²) in [6, 6.07) is 14.0. The fraction of sp³-hybridized carbons (Fsp3) is 0.188. The first-order chi connectivity index (χ1) is 9.54. The average molecular weight is 273 g/mol. The van der Waals surface area contributed by atoms with E-state index in [0.29, 0.717) is 5.75 Å². The number of carboxylic acid groups (broad SMARTS) is 1. The van der Waals surface area contributed by atoms with Crippen molar-refractivity contribution >= 4 is 5.97 Å². The van der Waals surface area contributed by atoms with Crippen LogP contribution in [0.15, 0.2) is 48.5 Å². The van der Waals surface area contributed by atoms with Crippen LogP contribution in [-0.2, 0) is 6.42 Å². The quantitative estimate of drug-likeness (QED) is 0.855. The van der Waals surface area contributed by atoms with E-state index in [9.17, 15) is 9.90 Å². The van der Waals surface area contributed by atoms with Crippen molar-refractivity contribution < 1.29 is 20.7 Å². The van der Waals surface area contributed by atoms with Crippen molar-refractivity contribution in [1.82, 2.24) is 0 Å². The predicted octanol–water partition coefficient (Wildman–Crippen LogP) is 0.535. The van der Waals surface area contributed by atoms with Crippen LogP contribution in [0.2, 0.25) is 0 Å². The fourth-order valence-electron chi connectivity index (χ4n) is 1.67. The Hall–Kier alpha value is -2.33. The first-order valence-electron chi connectivity index (χ1n) is 6.38. The summed E-state index contributed by atoms with van der Waals surface area (Å²) in [6.45, 7) is 2.65. The number of quaternary nitrogens is 1. The van der Waals surface area contributed by atoms with Crippen LogP contribution in [0.5, 0.6) is 5.75 Å². The second-order valence-corrected chi connectivity index (χ2v) is 4.37. The highest BCUT2D eigenvalue weighted by molar-refractivity contribution is 5.87. The molecule has 0 aliphatic heterocycles. The van der Waals surface area contributed by atoms with Gasteiger partial charge in [-0.1, -0.05) is 36.4 Å². The highest BCUT2D eigenvalue weighted by atomic mass is 16.4. The number of phenolic OH excluding ortho intramolecular Hbond substituents is 1. The molecule has 0 bridgehead atoms. The Balaban J connectivity index is 0.000000200. The standard InChI is InChI=1S/C8H11NO.C8H8O2/c9-6-5-7-1-3-8(10)4-2-7;1-6-4-2-3-5-7(6)8(9)10/h1-4,10H,5-6,9H2;2-5H,1H3,(H,9,10). The lowest BCUT2D eigenvalue weighted by Gasteiger charge is -2.03. The molecule has 0 spiro atoms. The summed E-state index contributed by atoms with van der Waals surface area (Å²) >= 11 is 0. The number of rotatable bonds is 3. The Morgan fingerprint density at radius 2 is 1.75 bits per heavy atom. The second kappa shape index (κ2) is 7.96. The van der Waals surface area contributed by atoms with E-state index >= 15 is 0 Å². The molecular weight excluding hydrogens is 254 g/mol. The maximum Gasteiger partial charge on any atom is 0.115 e. The largest absolute Gasteiger partial charge is 0.545 e. The molecule has 2 aromatic carbocycles. The summed E-state index contributed by atoms with van der Waals surface area (Å²) in [7, 11) is 0. The van der Waals surface area contributed by atoms with Crippen molar-refractivity contribution in [2.24, 2.45) is 0 Å². The fourth-order valence-corrected chi connectivity index (χ4v) is 1.67. The molecule has 0 saturated heterocycles. The monoisotopic (exact) mass is 273 g/mol. The number of carboxylic acids is 1. The van der Waals surface area contributed by atoms with Crippen LogP contribution in [0.1, 0.15) is 21.5 Å². The molecule has 0 aromatic heterocycles. The highest BCUT2D eigenvalue weighted by Gasteiger charge is 1.94. The molecule has 4 nitrogen and oxygen atoms in total. The molecule has 2 rings (SSSR count). The number of carbonyl (C=O) groups excluding carboxylic acids is 1. The summed E-state index contributed by atoms with van der Waals surface area (Å²) in [4.78, 5) is 10.3. The lowest BCUT2D eigenvalue weighted by Crippen LogP contribution is -2.51. The second-order valence-electron chi connectivity index (χ2n) is 4.37. The van der Waals surface area contributed by atoms with Crippen LogP contribution in [0.4, 0.5) is 0 Å². The zero-order chi connectivity index (χ0) is 15.0. The third-order valence-electron chi connectivity index (χ3n) is 2.77. The van der Waals surface area contributed by atoms with Crippen molar-refractivity contribution in [3.8, 4) is 5.75 Å². The minimum Gasteiger partial charge on any atom is -0.545 e. The molecular formula is C16H19NO3. The van der Waals surface area contributed by atoms with E-state index < -0.39 is 5.97 Å². The lowest BCUT2D eigenvalue weighted by molar-refractivity contribution is -0.366. The van der Waals surface area contributed by atoms with Crippen molar-refractivity contribution in [3.05, 3.63) is 65.2 Å². The molecule has 20 heavy (non-hydrogen) atoms. The topological polar surface area (TPSA) is 88.0 Å². The summed E-state index contributed by atoms with van der Waals surface area (Å²) in [5.41, 5.74) is 5.97. The molecule has 106 valence electrons. The normalized spacial score (nSPS) is 9.50. The third-order valence-corrected chi connectivity index (χ3v) is 2.77. The Morgan fingerprint density at radius 3 is 2.20 bits per heavy atom. The SMILES string of the molecule is Cc1ccccc1C(=O)[O-].[NH3+]CCc1ccc(O)cc1. The maximum absolute atomic E-state index is 10.3. The van der Waals surface area contributed by atoms with Crippen LogP contribution in [0, 0.1) is 6.92 Å². The maximum atomic E-state index is 10.3. The van der Waals surface area contributed by atoms with Gasteiger partial charge >= 0.3 is 0 Å². The van der Waals surface area contributed by atoms with Gasteiger partial charge in [-0.05, 0) is 30.2 Å². The van der Waals surface area contributed by atoms with Crippen LogP contribution < -0.4 is 10.8 Å². The first-order valence-corrected chi connectivity index (χ1v) is 6.38. The highest BCUT2D eigenvalue weighted by Crippen LogP contribution is 2.09. The van der Waals surface area contributed by atoms with Crippen LogP contribution >= 0.6 is 0 Å². The molecule has 4 N–H and O–H groups in total. The average Bonchev–Trinajstić information content (AvgIpc) is 2.43. The van der Waals surface area contributed by atoms with Crippen molar-refractivity contribution in [2.75, 3.05) is 6.54 Å². The molecule has 0 amide bonds. The van der Waals surface area contributed by atoms with Crippen LogP contribution in [0.25, 0.3) is 0 Å². The van der Waals surface area contributed by atoms with E-state index in [0.717, 1.165) is 18.5 Å². The van der Waals surface area contributed by atoms with Gasteiger partial charge in [0.2, 0.25) is 0 Å². The molecule has 0 aliphatic carbocycles. The number of aromatic hydroxyl groups is 1. The number of hydrogen-bond acceptors (Lipinski definition) is 3. The first kappa shape index (κ1) is 15.7. The van der Waals surface area contributed by atoms with Gasteiger partial charge in [0.05, 0.1) is 12.5 Å². The zero-order valence-corrected chi connectivity index (χ0v) is 11.5. The van der Waals surface area contributed by atoms with Gasteiger partial charge in [-0.3, -0.25) is 0 Å². The predicted molar refractivity (Wildman–Crippen MR) is 75.1 cm³/mol. The Bertz CT molecular complexity index is 550. The number of carbonyl (C=O) groups is 1. The molecule has 0 saturated carbocycles. The lowest BCUT2D eigenvalue weighted by atomic mass is 10.1.